The minimum atomic E-state index is 0. The first-order valence-corrected chi connectivity index (χ1v) is 21.5. The first-order valence-electron chi connectivity index (χ1n) is 21.5. The normalized spacial score (nSPS) is 12.3. The van der Waals surface area contributed by atoms with E-state index in [-0.39, 0.29) is 12.4 Å². The predicted molar refractivity (Wildman–Crippen MR) is 210 cm³/mol. The summed E-state index contributed by atoms with van der Waals surface area (Å²) in [5, 5.41) is 0. The van der Waals surface area contributed by atoms with Gasteiger partial charge in [-0.1, -0.05) is 230 Å². The Bertz CT molecular complexity index is 716. The summed E-state index contributed by atoms with van der Waals surface area (Å²) in [4.78, 5) is 0. The molecule has 0 heterocycles. The third-order valence-corrected chi connectivity index (χ3v) is 10.9. The molecule has 0 saturated heterocycles. The number of rotatable bonds is 36. The Morgan fingerprint density at radius 1 is 0.383 bits per heavy atom. The molecule has 0 aliphatic heterocycles. The zero-order chi connectivity index (χ0) is 33.2. The Morgan fingerprint density at radius 2 is 0.660 bits per heavy atom. The van der Waals surface area contributed by atoms with Gasteiger partial charge in [0.15, 0.2) is 0 Å². The standard InChI is InChI=1S/C45H86N.ClH/c1-5-7-9-11-13-15-17-19-21-23-25-27-29-31-33-38-42-45(44-40-36-35-37-41-44)46(3,4)43-39-34-32-30-28-26-24-22-20-18-16-14-12-10-8-6-2;/h35-37,40-41,45H,5-34,38-39,42-43H2,1-4H3;1H/q+1;/p-1. The van der Waals surface area contributed by atoms with Crippen molar-refractivity contribution in [3.8, 4) is 0 Å². The van der Waals surface area contributed by atoms with E-state index in [9.17, 15) is 0 Å². The fourth-order valence-corrected chi connectivity index (χ4v) is 7.70. The Morgan fingerprint density at radius 3 is 0.979 bits per heavy atom. The van der Waals surface area contributed by atoms with Gasteiger partial charge in [0.1, 0.15) is 6.04 Å². The molecule has 0 aliphatic carbocycles. The molecular formula is C45H86ClN. The third kappa shape index (κ3) is 29.0. The lowest BCUT2D eigenvalue weighted by Gasteiger charge is -2.39. The maximum absolute atomic E-state index is 2.51. The van der Waals surface area contributed by atoms with E-state index in [1.165, 1.54) is 218 Å². The molecule has 1 atom stereocenters. The van der Waals surface area contributed by atoms with Crippen LogP contribution < -0.4 is 12.4 Å². The van der Waals surface area contributed by atoms with Crippen molar-refractivity contribution >= 4 is 0 Å². The van der Waals surface area contributed by atoms with Crippen molar-refractivity contribution in [2.24, 2.45) is 0 Å². The Kier molecular flexibility index (Phi) is 34.9. The van der Waals surface area contributed by atoms with E-state index >= 15 is 0 Å². The van der Waals surface area contributed by atoms with Crippen molar-refractivity contribution in [1.82, 2.24) is 0 Å². The fraction of sp³-hybridized carbons (Fsp3) is 0.867. The molecule has 278 valence electrons. The molecule has 0 aromatic heterocycles. The largest absolute Gasteiger partial charge is 1.00 e. The molecule has 1 rings (SSSR count). The monoisotopic (exact) mass is 676 g/mol. The van der Waals surface area contributed by atoms with Crippen LogP contribution in [0, 0.1) is 0 Å². The summed E-state index contributed by atoms with van der Waals surface area (Å²) in [5.41, 5.74) is 1.56. The summed E-state index contributed by atoms with van der Waals surface area (Å²) < 4.78 is 1.15. The maximum Gasteiger partial charge on any atom is 0.114 e. The average molecular weight is 677 g/mol. The molecule has 0 amide bonds. The van der Waals surface area contributed by atoms with Crippen molar-refractivity contribution in [3.63, 3.8) is 0 Å². The van der Waals surface area contributed by atoms with E-state index in [2.05, 4.69) is 58.3 Å². The summed E-state index contributed by atoms with van der Waals surface area (Å²) in [6.45, 7) is 5.94. The van der Waals surface area contributed by atoms with Crippen LogP contribution in [0.25, 0.3) is 0 Å². The van der Waals surface area contributed by atoms with Crippen LogP contribution >= 0.6 is 0 Å². The van der Waals surface area contributed by atoms with Crippen LogP contribution in [0.3, 0.4) is 0 Å². The van der Waals surface area contributed by atoms with Gasteiger partial charge in [-0.05, 0) is 19.3 Å². The topological polar surface area (TPSA) is 0 Å². The Hall–Kier alpha value is -0.530. The zero-order valence-electron chi connectivity index (χ0n) is 32.8. The van der Waals surface area contributed by atoms with Crippen molar-refractivity contribution < 1.29 is 16.9 Å². The van der Waals surface area contributed by atoms with E-state index in [0.717, 1.165) is 4.48 Å². The minimum absolute atomic E-state index is 0. The number of nitrogens with zero attached hydrogens (tertiary/aromatic N) is 1. The molecule has 0 fully saturated rings. The lowest BCUT2D eigenvalue weighted by atomic mass is 9.96. The maximum atomic E-state index is 2.51. The van der Waals surface area contributed by atoms with Crippen LogP contribution in [0.2, 0.25) is 0 Å². The highest BCUT2D eigenvalue weighted by Gasteiger charge is 2.28. The number of hydrogen-bond acceptors (Lipinski definition) is 0. The van der Waals surface area contributed by atoms with Gasteiger partial charge in [0.2, 0.25) is 0 Å². The van der Waals surface area contributed by atoms with Crippen LogP contribution in [0.1, 0.15) is 237 Å². The van der Waals surface area contributed by atoms with Gasteiger partial charge in [0.25, 0.3) is 0 Å². The number of benzene rings is 1. The molecule has 0 saturated carbocycles. The second-order valence-corrected chi connectivity index (χ2v) is 15.8. The van der Waals surface area contributed by atoms with E-state index in [0.29, 0.717) is 6.04 Å². The van der Waals surface area contributed by atoms with Gasteiger partial charge in [-0.3, -0.25) is 0 Å². The number of halogens is 1. The van der Waals surface area contributed by atoms with Gasteiger partial charge in [-0.15, -0.1) is 0 Å². The van der Waals surface area contributed by atoms with Gasteiger partial charge in [-0.2, -0.15) is 0 Å². The van der Waals surface area contributed by atoms with Crippen LogP contribution in [0.5, 0.6) is 0 Å². The lowest BCUT2D eigenvalue weighted by Crippen LogP contribution is -3.00. The van der Waals surface area contributed by atoms with Gasteiger partial charge >= 0.3 is 0 Å². The summed E-state index contributed by atoms with van der Waals surface area (Å²) in [6, 6.07) is 12.1. The second-order valence-electron chi connectivity index (χ2n) is 15.8. The highest BCUT2D eigenvalue weighted by atomic mass is 35.5. The molecule has 0 aliphatic rings. The molecule has 1 unspecified atom stereocenters. The molecule has 0 radical (unpaired) electrons. The van der Waals surface area contributed by atoms with Crippen molar-refractivity contribution in [2.45, 2.75) is 232 Å². The first-order chi connectivity index (χ1) is 22.6. The molecule has 0 N–H and O–H groups in total. The van der Waals surface area contributed by atoms with Crippen molar-refractivity contribution in [3.05, 3.63) is 35.9 Å². The molecule has 1 aromatic carbocycles. The highest BCUT2D eigenvalue weighted by molar-refractivity contribution is 5.17. The van der Waals surface area contributed by atoms with Crippen LogP contribution in [-0.4, -0.2) is 25.1 Å². The van der Waals surface area contributed by atoms with E-state index < -0.39 is 0 Å². The molecule has 0 bridgehead atoms. The summed E-state index contributed by atoms with van der Waals surface area (Å²) in [6.07, 6.45) is 47.7. The number of quaternary nitrogens is 1. The lowest BCUT2D eigenvalue weighted by molar-refractivity contribution is -0.921. The summed E-state index contributed by atoms with van der Waals surface area (Å²) in [5.74, 6) is 0. The summed E-state index contributed by atoms with van der Waals surface area (Å²) >= 11 is 0. The SMILES string of the molecule is CCCCCCCCCCCCCCCCCCC(c1ccccc1)[N+](C)(C)CCCCCCCCCCCCCCCCCC.[Cl-]. The van der Waals surface area contributed by atoms with Gasteiger partial charge in [0.05, 0.1) is 20.6 Å². The smallest absolute Gasteiger partial charge is 0.114 e. The molecule has 1 aromatic rings. The predicted octanol–water partition coefficient (Wildman–Crippen LogP) is 12.7. The molecular weight excluding hydrogens is 590 g/mol. The molecule has 2 heteroatoms. The molecule has 1 nitrogen and oxygen atoms in total. The number of unbranched alkanes of at least 4 members (excludes halogenated alkanes) is 30. The van der Waals surface area contributed by atoms with E-state index in [1.807, 2.05) is 0 Å². The first kappa shape index (κ1) is 46.5. The zero-order valence-corrected chi connectivity index (χ0v) is 33.6. The van der Waals surface area contributed by atoms with Crippen LogP contribution in [0.15, 0.2) is 30.3 Å². The molecule has 47 heavy (non-hydrogen) atoms. The number of hydrogen-bond donors (Lipinski definition) is 0. The van der Waals surface area contributed by atoms with Crippen LogP contribution in [0.4, 0.5) is 0 Å². The third-order valence-electron chi connectivity index (χ3n) is 10.9. The van der Waals surface area contributed by atoms with Gasteiger partial charge < -0.3 is 16.9 Å². The van der Waals surface area contributed by atoms with E-state index in [1.54, 1.807) is 5.56 Å². The van der Waals surface area contributed by atoms with Crippen LogP contribution in [-0.2, 0) is 0 Å². The van der Waals surface area contributed by atoms with Crippen molar-refractivity contribution in [2.75, 3.05) is 20.6 Å². The fourth-order valence-electron chi connectivity index (χ4n) is 7.70. The van der Waals surface area contributed by atoms with Gasteiger partial charge in [0, 0.05) is 12.0 Å². The van der Waals surface area contributed by atoms with Gasteiger partial charge in [-0.25, -0.2) is 0 Å². The Labute approximate surface area is 304 Å². The minimum Gasteiger partial charge on any atom is -1.00 e. The highest BCUT2D eigenvalue weighted by Crippen LogP contribution is 2.31. The average Bonchev–Trinajstić information content (AvgIpc) is 3.06. The van der Waals surface area contributed by atoms with E-state index in [4.69, 9.17) is 0 Å². The van der Waals surface area contributed by atoms with Crippen molar-refractivity contribution in [1.29, 1.82) is 0 Å². The second kappa shape index (κ2) is 35.3. The summed E-state index contributed by atoms with van der Waals surface area (Å²) in [7, 11) is 5.02. The molecule has 0 spiro atoms. The Balaban J connectivity index is 0.0000212. The quantitative estimate of drug-likeness (QED) is 0.0490.